The van der Waals surface area contributed by atoms with Crippen LogP contribution in [0.25, 0.3) is 0 Å². The predicted octanol–water partition coefficient (Wildman–Crippen LogP) is 2.54. The molecule has 0 aromatic heterocycles. The average molecular weight is 346 g/mol. The van der Waals surface area contributed by atoms with Gasteiger partial charge in [0, 0.05) is 13.1 Å². The summed E-state index contributed by atoms with van der Waals surface area (Å²) in [5.41, 5.74) is 0.746. The molecule has 2 amide bonds. The molecule has 8 heteroatoms. The van der Waals surface area contributed by atoms with E-state index in [4.69, 9.17) is 0 Å². The Morgan fingerprint density at radius 1 is 1.38 bits per heavy atom. The number of nitrogens with zero attached hydrogens (tertiary/aromatic N) is 1. The molecule has 5 nitrogen and oxygen atoms in total. The van der Waals surface area contributed by atoms with Crippen LogP contribution in [-0.4, -0.2) is 48.0 Å². The van der Waals surface area contributed by atoms with Crippen LogP contribution in [0.1, 0.15) is 18.9 Å². The fourth-order valence-corrected chi connectivity index (χ4v) is 2.69. The minimum atomic E-state index is -4.37. The summed E-state index contributed by atoms with van der Waals surface area (Å²) in [5, 5.41) is 12.1. The van der Waals surface area contributed by atoms with E-state index < -0.39 is 12.8 Å². The summed E-state index contributed by atoms with van der Waals surface area (Å²) >= 11 is 0. The molecule has 1 heterocycles. The van der Waals surface area contributed by atoms with E-state index in [0.717, 1.165) is 12.0 Å². The smallest absolute Gasteiger partial charge is 0.422 e. The van der Waals surface area contributed by atoms with Crippen LogP contribution in [0.2, 0.25) is 0 Å². The molecular formula is C16H21F3N2O3. The summed E-state index contributed by atoms with van der Waals surface area (Å²) in [4.78, 5) is 13.8. The van der Waals surface area contributed by atoms with Crippen molar-refractivity contribution in [3.63, 3.8) is 0 Å². The van der Waals surface area contributed by atoms with Gasteiger partial charge in [0.25, 0.3) is 0 Å². The Balaban J connectivity index is 1.83. The number of carbonyl (C=O) groups is 1. The summed E-state index contributed by atoms with van der Waals surface area (Å²) in [5.74, 6) is 0.377. The van der Waals surface area contributed by atoms with Crippen molar-refractivity contribution in [2.45, 2.75) is 32.1 Å². The standard InChI is InChI=1S/C16H21F3N2O3/c1-11-6-7-21(14(11)9-22)15(23)20-8-12-2-4-13(5-3-12)24-10-16(17,18)19/h2-5,11,14,22H,6-10H2,1H3,(H,20,23)/t11-,14+/m1/s1. The maximum absolute atomic E-state index is 12.2. The van der Waals surface area contributed by atoms with Gasteiger partial charge >= 0.3 is 12.2 Å². The highest BCUT2D eigenvalue weighted by Crippen LogP contribution is 2.23. The van der Waals surface area contributed by atoms with Crippen molar-refractivity contribution in [1.82, 2.24) is 10.2 Å². The second-order valence-corrected chi connectivity index (χ2v) is 5.92. The van der Waals surface area contributed by atoms with Crippen molar-refractivity contribution in [2.75, 3.05) is 19.8 Å². The van der Waals surface area contributed by atoms with Crippen LogP contribution < -0.4 is 10.1 Å². The number of amides is 2. The zero-order chi connectivity index (χ0) is 17.7. The largest absolute Gasteiger partial charge is 0.484 e. The Morgan fingerprint density at radius 2 is 2.04 bits per heavy atom. The van der Waals surface area contributed by atoms with Crippen LogP contribution >= 0.6 is 0 Å². The van der Waals surface area contributed by atoms with Crippen molar-refractivity contribution >= 4 is 6.03 Å². The van der Waals surface area contributed by atoms with E-state index in [2.05, 4.69) is 10.1 Å². The molecule has 24 heavy (non-hydrogen) atoms. The third-order valence-electron chi connectivity index (χ3n) is 4.10. The first-order valence-corrected chi connectivity index (χ1v) is 7.74. The van der Waals surface area contributed by atoms with Crippen molar-refractivity contribution < 1.29 is 27.8 Å². The molecule has 1 fully saturated rings. The molecule has 1 aromatic rings. The van der Waals surface area contributed by atoms with Crippen LogP contribution in [0.4, 0.5) is 18.0 Å². The van der Waals surface area contributed by atoms with E-state index in [0.29, 0.717) is 6.54 Å². The predicted molar refractivity (Wildman–Crippen MR) is 81.6 cm³/mol. The molecule has 1 aliphatic heterocycles. The molecule has 0 spiro atoms. The number of carbonyl (C=O) groups excluding carboxylic acids is 1. The molecule has 2 N–H and O–H groups in total. The van der Waals surface area contributed by atoms with E-state index >= 15 is 0 Å². The molecule has 134 valence electrons. The van der Waals surface area contributed by atoms with Gasteiger partial charge in [-0.3, -0.25) is 0 Å². The Hall–Kier alpha value is -1.96. The second kappa shape index (κ2) is 7.74. The first kappa shape index (κ1) is 18.4. The maximum Gasteiger partial charge on any atom is 0.422 e. The molecule has 0 unspecified atom stereocenters. The molecule has 0 saturated carbocycles. The number of hydrogen-bond donors (Lipinski definition) is 2. The first-order valence-electron chi connectivity index (χ1n) is 7.74. The highest BCUT2D eigenvalue weighted by Gasteiger charge is 2.33. The van der Waals surface area contributed by atoms with E-state index in [9.17, 15) is 23.1 Å². The molecule has 1 aromatic carbocycles. The number of alkyl halides is 3. The third kappa shape index (κ3) is 5.02. The molecule has 2 atom stereocenters. The second-order valence-electron chi connectivity index (χ2n) is 5.92. The molecule has 0 aliphatic carbocycles. The topological polar surface area (TPSA) is 61.8 Å². The van der Waals surface area contributed by atoms with Gasteiger partial charge in [-0.25, -0.2) is 4.79 Å². The van der Waals surface area contributed by atoms with E-state index in [1.54, 1.807) is 17.0 Å². The van der Waals surface area contributed by atoms with Gasteiger partial charge in [-0.15, -0.1) is 0 Å². The van der Waals surface area contributed by atoms with Gasteiger partial charge in [0.05, 0.1) is 12.6 Å². The summed E-state index contributed by atoms with van der Waals surface area (Å²) in [6.45, 7) is 1.44. The Bertz CT molecular complexity index is 548. The quantitative estimate of drug-likeness (QED) is 0.861. The van der Waals surface area contributed by atoms with E-state index in [1.807, 2.05) is 6.92 Å². The van der Waals surface area contributed by atoms with Crippen molar-refractivity contribution in [2.24, 2.45) is 5.92 Å². The van der Waals surface area contributed by atoms with Gasteiger partial charge in [0.1, 0.15) is 5.75 Å². The average Bonchev–Trinajstić information content (AvgIpc) is 2.91. The van der Waals surface area contributed by atoms with Crippen LogP contribution in [0, 0.1) is 5.92 Å². The van der Waals surface area contributed by atoms with Gasteiger partial charge in [-0.05, 0) is 30.0 Å². The monoisotopic (exact) mass is 346 g/mol. The van der Waals surface area contributed by atoms with Gasteiger partial charge in [-0.1, -0.05) is 19.1 Å². The molecule has 0 bridgehead atoms. The zero-order valence-electron chi connectivity index (χ0n) is 13.3. The molecule has 2 rings (SSSR count). The zero-order valence-corrected chi connectivity index (χ0v) is 13.3. The fraction of sp³-hybridized carbons (Fsp3) is 0.562. The highest BCUT2D eigenvalue weighted by atomic mass is 19.4. The number of ether oxygens (including phenoxy) is 1. The molecule has 1 saturated heterocycles. The first-order chi connectivity index (χ1) is 11.3. The maximum atomic E-state index is 12.2. The van der Waals surface area contributed by atoms with Crippen LogP contribution in [0.15, 0.2) is 24.3 Å². The molecule has 0 radical (unpaired) electrons. The van der Waals surface area contributed by atoms with Crippen LogP contribution in [-0.2, 0) is 6.54 Å². The Kier molecular flexibility index (Phi) is 5.93. The highest BCUT2D eigenvalue weighted by molar-refractivity contribution is 5.75. The number of benzene rings is 1. The van der Waals surface area contributed by atoms with E-state index in [1.165, 1.54) is 12.1 Å². The van der Waals surface area contributed by atoms with Crippen LogP contribution in [0.5, 0.6) is 5.75 Å². The lowest BCUT2D eigenvalue weighted by atomic mass is 10.0. The minimum absolute atomic E-state index is 0.0696. The summed E-state index contributed by atoms with van der Waals surface area (Å²) in [7, 11) is 0. The molecule has 1 aliphatic rings. The normalized spacial score (nSPS) is 21.0. The van der Waals surface area contributed by atoms with Gasteiger partial charge < -0.3 is 20.1 Å². The number of urea groups is 1. The van der Waals surface area contributed by atoms with Crippen molar-refractivity contribution in [1.29, 1.82) is 0 Å². The van der Waals surface area contributed by atoms with Crippen LogP contribution in [0.3, 0.4) is 0 Å². The number of aliphatic hydroxyl groups excluding tert-OH is 1. The Morgan fingerprint density at radius 3 is 2.62 bits per heavy atom. The molecular weight excluding hydrogens is 325 g/mol. The minimum Gasteiger partial charge on any atom is -0.484 e. The SMILES string of the molecule is C[C@@H]1CCN(C(=O)NCc2ccc(OCC(F)(F)F)cc2)[C@H]1CO. The van der Waals surface area contributed by atoms with Gasteiger partial charge in [-0.2, -0.15) is 13.2 Å². The lowest BCUT2D eigenvalue weighted by Crippen LogP contribution is -2.45. The number of aliphatic hydroxyl groups is 1. The summed E-state index contributed by atoms with van der Waals surface area (Å²) in [6, 6.07) is 5.63. The number of nitrogens with one attached hydrogen (secondary N) is 1. The lowest BCUT2D eigenvalue weighted by molar-refractivity contribution is -0.153. The lowest BCUT2D eigenvalue weighted by Gasteiger charge is -2.25. The number of rotatable bonds is 5. The summed E-state index contributed by atoms with van der Waals surface area (Å²) < 4.78 is 40.8. The van der Waals surface area contributed by atoms with Crippen molar-refractivity contribution in [3.8, 4) is 5.75 Å². The Labute approximate surface area is 138 Å². The fourth-order valence-electron chi connectivity index (χ4n) is 2.69. The summed E-state index contributed by atoms with van der Waals surface area (Å²) in [6.07, 6.45) is -3.52. The number of likely N-dealkylation sites (tertiary alicyclic amines) is 1. The number of hydrogen-bond acceptors (Lipinski definition) is 3. The van der Waals surface area contributed by atoms with Crippen molar-refractivity contribution in [3.05, 3.63) is 29.8 Å². The van der Waals surface area contributed by atoms with Gasteiger partial charge in [0.2, 0.25) is 0 Å². The van der Waals surface area contributed by atoms with E-state index in [-0.39, 0.29) is 36.9 Å². The van der Waals surface area contributed by atoms with Gasteiger partial charge in [0.15, 0.2) is 6.61 Å². The number of halogens is 3. The third-order valence-corrected chi connectivity index (χ3v) is 4.10.